The van der Waals surface area contributed by atoms with Gasteiger partial charge in [0.15, 0.2) is 0 Å². The molecule has 0 spiro atoms. The Balaban J connectivity index is 2.26. The summed E-state index contributed by atoms with van der Waals surface area (Å²) in [6.45, 7) is 0.561. The smallest absolute Gasteiger partial charge is 0.282 e. The maximum absolute atomic E-state index is 5.43. The Morgan fingerprint density at radius 3 is 3.00 bits per heavy atom. The molecule has 0 aliphatic carbocycles. The SMILES string of the molecule is NC1=NC(c2cccc(I)c2)CO1. The Morgan fingerprint density at radius 1 is 1.54 bits per heavy atom. The summed E-state index contributed by atoms with van der Waals surface area (Å²) in [5.41, 5.74) is 6.59. The molecule has 1 aromatic rings. The van der Waals surface area contributed by atoms with Crippen LogP contribution in [0.5, 0.6) is 0 Å². The van der Waals surface area contributed by atoms with Crippen molar-refractivity contribution in [2.24, 2.45) is 10.7 Å². The van der Waals surface area contributed by atoms with Gasteiger partial charge in [-0.05, 0) is 40.3 Å². The topological polar surface area (TPSA) is 47.6 Å². The zero-order valence-corrected chi connectivity index (χ0v) is 9.06. The molecule has 1 aromatic carbocycles. The molecule has 0 saturated carbocycles. The highest BCUT2D eigenvalue weighted by atomic mass is 127. The Morgan fingerprint density at radius 2 is 2.38 bits per heavy atom. The highest BCUT2D eigenvalue weighted by Gasteiger charge is 2.18. The molecular weight excluding hydrogens is 279 g/mol. The summed E-state index contributed by atoms with van der Waals surface area (Å²) >= 11 is 2.28. The maximum atomic E-state index is 5.43. The summed E-state index contributed by atoms with van der Waals surface area (Å²) in [4.78, 5) is 4.17. The second-order valence-corrected chi connectivity index (χ2v) is 4.09. The van der Waals surface area contributed by atoms with E-state index in [1.807, 2.05) is 18.2 Å². The molecule has 0 fully saturated rings. The van der Waals surface area contributed by atoms with Gasteiger partial charge < -0.3 is 10.5 Å². The fourth-order valence-electron chi connectivity index (χ4n) is 1.28. The maximum Gasteiger partial charge on any atom is 0.282 e. The number of ether oxygens (including phenoxy) is 1. The van der Waals surface area contributed by atoms with E-state index in [9.17, 15) is 0 Å². The molecule has 2 N–H and O–H groups in total. The van der Waals surface area contributed by atoms with E-state index in [4.69, 9.17) is 10.5 Å². The van der Waals surface area contributed by atoms with Crippen molar-refractivity contribution in [1.82, 2.24) is 0 Å². The molecule has 13 heavy (non-hydrogen) atoms. The lowest BCUT2D eigenvalue weighted by atomic mass is 10.1. The lowest BCUT2D eigenvalue weighted by Gasteiger charge is -2.04. The van der Waals surface area contributed by atoms with Crippen LogP contribution in [0.4, 0.5) is 0 Å². The van der Waals surface area contributed by atoms with E-state index in [0.717, 1.165) is 5.56 Å². The van der Waals surface area contributed by atoms with E-state index in [1.54, 1.807) is 0 Å². The van der Waals surface area contributed by atoms with Gasteiger partial charge in [-0.1, -0.05) is 12.1 Å². The van der Waals surface area contributed by atoms with Crippen molar-refractivity contribution < 1.29 is 4.74 Å². The first kappa shape index (κ1) is 8.80. The van der Waals surface area contributed by atoms with Crippen molar-refractivity contribution in [3.63, 3.8) is 0 Å². The minimum atomic E-state index is 0.0784. The molecule has 4 heteroatoms. The lowest BCUT2D eigenvalue weighted by molar-refractivity contribution is 0.315. The number of hydrogen-bond donors (Lipinski definition) is 1. The molecule has 0 aromatic heterocycles. The van der Waals surface area contributed by atoms with Gasteiger partial charge in [0, 0.05) is 3.57 Å². The van der Waals surface area contributed by atoms with Crippen molar-refractivity contribution in [2.45, 2.75) is 6.04 Å². The molecular formula is C9H9IN2O. The molecule has 0 bridgehead atoms. The highest BCUT2D eigenvalue weighted by molar-refractivity contribution is 14.1. The molecule has 68 valence electrons. The van der Waals surface area contributed by atoms with Crippen LogP contribution in [0.15, 0.2) is 29.3 Å². The van der Waals surface area contributed by atoms with Gasteiger partial charge in [-0.2, -0.15) is 0 Å². The van der Waals surface area contributed by atoms with Crippen molar-refractivity contribution in [1.29, 1.82) is 0 Å². The fourth-order valence-corrected chi connectivity index (χ4v) is 1.84. The second-order valence-electron chi connectivity index (χ2n) is 2.85. The number of nitrogens with two attached hydrogens (primary N) is 1. The second kappa shape index (κ2) is 3.53. The van der Waals surface area contributed by atoms with Crippen molar-refractivity contribution in [3.05, 3.63) is 33.4 Å². The predicted octanol–water partition coefficient (Wildman–Crippen LogP) is 1.68. The van der Waals surface area contributed by atoms with Crippen LogP contribution in [-0.2, 0) is 4.74 Å². The summed E-state index contributed by atoms with van der Waals surface area (Å²) in [6, 6.07) is 8.57. The minimum Gasteiger partial charge on any atom is -0.463 e. The van der Waals surface area contributed by atoms with E-state index < -0.39 is 0 Å². The minimum absolute atomic E-state index is 0.0784. The summed E-state index contributed by atoms with van der Waals surface area (Å²) in [6.07, 6.45) is 0. The molecule has 1 atom stereocenters. The van der Waals surface area contributed by atoms with Gasteiger partial charge in [0.1, 0.15) is 12.6 Å². The Labute approximate surface area is 90.1 Å². The normalized spacial score (nSPS) is 21.0. The van der Waals surface area contributed by atoms with Gasteiger partial charge in [-0.15, -0.1) is 0 Å². The van der Waals surface area contributed by atoms with Gasteiger partial charge >= 0.3 is 0 Å². The van der Waals surface area contributed by atoms with Crippen molar-refractivity contribution in [3.8, 4) is 0 Å². The molecule has 0 saturated heterocycles. The monoisotopic (exact) mass is 288 g/mol. The molecule has 2 rings (SSSR count). The molecule has 0 amide bonds. The summed E-state index contributed by atoms with van der Waals surface area (Å²) in [7, 11) is 0. The van der Waals surface area contributed by atoms with Crippen LogP contribution < -0.4 is 5.73 Å². The Hall–Kier alpha value is -0.780. The zero-order valence-electron chi connectivity index (χ0n) is 6.90. The first-order valence-electron chi connectivity index (χ1n) is 3.97. The highest BCUT2D eigenvalue weighted by Crippen LogP contribution is 2.22. The van der Waals surface area contributed by atoms with E-state index in [0.29, 0.717) is 12.6 Å². The molecule has 1 unspecified atom stereocenters. The summed E-state index contributed by atoms with van der Waals surface area (Å²) < 4.78 is 6.29. The third kappa shape index (κ3) is 1.93. The molecule has 0 radical (unpaired) electrons. The Bertz CT molecular complexity index is 351. The van der Waals surface area contributed by atoms with Crippen molar-refractivity contribution >= 4 is 28.6 Å². The third-order valence-corrected chi connectivity index (χ3v) is 2.58. The number of rotatable bonds is 1. The van der Waals surface area contributed by atoms with Gasteiger partial charge in [0.25, 0.3) is 6.02 Å². The summed E-state index contributed by atoms with van der Waals surface area (Å²) in [5.74, 6) is 0. The predicted molar refractivity (Wildman–Crippen MR) is 59.5 cm³/mol. The number of hydrogen-bond acceptors (Lipinski definition) is 3. The van der Waals surface area contributed by atoms with Crippen LogP contribution >= 0.6 is 22.6 Å². The zero-order chi connectivity index (χ0) is 9.26. The average molecular weight is 288 g/mol. The van der Waals surface area contributed by atoms with Crippen LogP contribution in [0.2, 0.25) is 0 Å². The van der Waals surface area contributed by atoms with E-state index >= 15 is 0 Å². The molecule has 1 aliphatic heterocycles. The van der Waals surface area contributed by atoms with Gasteiger partial charge in [-0.25, -0.2) is 4.99 Å². The number of amidine groups is 1. The van der Waals surface area contributed by atoms with Gasteiger partial charge in [0.05, 0.1) is 0 Å². The van der Waals surface area contributed by atoms with Crippen molar-refractivity contribution in [2.75, 3.05) is 6.61 Å². The van der Waals surface area contributed by atoms with Crippen LogP contribution in [-0.4, -0.2) is 12.6 Å². The molecule has 3 nitrogen and oxygen atoms in total. The van der Waals surface area contributed by atoms with Gasteiger partial charge in [-0.3, -0.25) is 0 Å². The Kier molecular flexibility index (Phi) is 2.39. The van der Waals surface area contributed by atoms with Crippen LogP contribution in [0.3, 0.4) is 0 Å². The number of benzene rings is 1. The third-order valence-electron chi connectivity index (χ3n) is 1.91. The van der Waals surface area contributed by atoms with Gasteiger partial charge in [0.2, 0.25) is 0 Å². The largest absolute Gasteiger partial charge is 0.463 e. The lowest BCUT2D eigenvalue weighted by Crippen LogP contribution is -2.10. The number of halogens is 1. The standard InChI is InChI=1S/C9H9IN2O/c10-7-3-1-2-6(4-7)8-5-13-9(11)12-8/h1-4,8H,5H2,(H2,11,12). The first-order valence-corrected chi connectivity index (χ1v) is 5.05. The van der Waals surface area contributed by atoms with Crippen LogP contribution in [0.25, 0.3) is 0 Å². The summed E-state index contributed by atoms with van der Waals surface area (Å²) in [5, 5.41) is 0. The molecule has 1 heterocycles. The molecule has 1 aliphatic rings. The quantitative estimate of drug-likeness (QED) is 0.799. The van der Waals surface area contributed by atoms with E-state index in [-0.39, 0.29) is 6.04 Å². The van der Waals surface area contributed by atoms with E-state index in [2.05, 4.69) is 33.6 Å². The average Bonchev–Trinajstić information content (AvgIpc) is 2.52. The van der Waals surface area contributed by atoms with Crippen LogP contribution in [0, 0.1) is 3.57 Å². The number of nitrogens with zero attached hydrogens (tertiary/aromatic N) is 1. The fraction of sp³-hybridized carbons (Fsp3) is 0.222. The first-order chi connectivity index (χ1) is 6.25. The van der Waals surface area contributed by atoms with E-state index in [1.165, 1.54) is 3.57 Å². The number of aliphatic imine (C=N–C) groups is 1. The van der Waals surface area contributed by atoms with Crippen LogP contribution in [0.1, 0.15) is 11.6 Å².